The van der Waals surface area contributed by atoms with E-state index >= 15 is 0 Å². The second-order valence-electron chi connectivity index (χ2n) is 4.50. The minimum Gasteiger partial charge on any atom is -0.386 e. The van der Waals surface area contributed by atoms with E-state index in [1.807, 2.05) is 31.2 Å². The number of aldehydes is 1. The van der Waals surface area contributed by atoms with E-state index in [0.29, 0.717) is 12.7 Å². The summed E-state index contributed by atoms with van der Waals surface area (Å²) < 4.78 is 0. The highest BCUT2D eigenvalue weighted by atomic mass is 16.6. The van der Waals surface area contributed by atoms with Gasteiger partial charge in [0.25, 0.3) is 0 Å². The Bertz CT molecular complexity index is 419. The van der Waals surface area contributed by atoms with E-state index in [1.165, 1.54) is 0 Å². The van der Waals surface area contributed by atoms with E-state index in [1.54, 1.807) is 0 Å². The largest absolute Gasteiger partial charge is 0.386 e. The van der Waals surface area contributed by atoms with Gasteiger partial charge in [-0.3, -0.25) is 10.1 Å². The van der Waals surface area contributed by atoms with Crippen molar-refractivity contribution >= 4 is 12.0 Å². The van der Waals surface area contributed by atoms with Crippen LogP contribution < -0.4 is 5.32 Å². The normalized spacial score (nSPS) is 13.6. The van der Waals surface area contributed by atoms with Crippen molar-refractivity contribution in [3.63, 3.8) is 0 Å². The summed E-state index contributed by atoms with van der Waals surface area (Å²) in [5.74, 6) is 0. The highest BCUT2D eigenvalue weighted by molar-refractivity contribution is 5.55. The average Bonchev–Trinajstić information content (AvgIpc) is 2.37. The molecule has 0 saturated carbocycles. The summed E-state index contributed by atoms with van der Waals surface area (Å²) in [7, 11) is 0. The Morgan fingerprint density at radius 2 is 2.00 bits per heavy atom. The second kappa shape index (κ2) is 7.48. The summed E-state index contributed by atoms with van der Waals surface area (Å²) in [5.41, 5.74) is 1.89. The van der Waals surface area contributed by atoms with Gasteiger partial charge in [-0.1, -0.05) is 17.7 Å². The first-order valence-electron chi connectivity index (χ1n) is 6.09. The molecule has 0 unspecified atom stereocenters. The van der Waals surface area contributed by atoms with Crippen molar-refractivity contribution < 1.29 is 14.8 Å². The highest BCUT2D eigenvalue weighted by Gasteiger charge is 2.16. The molecule has 0 aromatic heterocycles. The van der Waals surface area contributed by atoms with Gasteiger partial charge in [0.15, 0.2) is 0 Å². The molecule has 0 aliphatic heterocycles. The Balaban J connectivity index is 2.60. The first-order chi connectivity index (χ1) is 9.01. The van der Waals surface area contributed by atoms with Gasteiger partial charge in [-0.2, -0.15) is 0 Å². The van der Waals surface area contributed by atoms with Gasteiger partial charge in [0.1, 0.15) is 12.4 Å². The first kappa shape index (κ1) is 15.1. The van der Waals surface area contributed by atoms with Gasteiger partial charge < -0.3 is 15.2 Å². The number of rotatable bonds is 8. The number of aryl methyl sites for hydroxylation is 1. The standard InChI is InChI=1S/C13H18N2O4/c1-10-2-4-11(5-3-10)14-12(8-15(18)19)6-7-13(17)9-16/h2-5,9,12-14,17H,6-8H2,1H3/t12-,13-/m1/s1. The molecule has 1 aromatic carbocycles. The molecule has 0 aliphatic carbocycles. The minimum absolute atomic E-state index is 0.209. The van der Waals surface area contributed by atoms with Gasteiger partial charge >= 0.3 is 0 Å². The van der Waals surface area contributed by atoms with Crippen molar-refractivity contribution in [3.8, 4) is 0 Å². The zero-order chi connectivity index (χ0) is 14.3. The number of anilines is 1. The maximum Gasteiger partial charge on any atom is 0.223 e. The molecule has 0 spiro atoms. The first-order valence-corrected chi connectivity index (χ1v) is 6.09. The monoisotopic (exact) mass is 266 g/mol. The second-order valence-corrected chi connectivity index (χ2v) is 4.50. The molecule has 0 fully saturated rings. The molecule has 2 atom stereocenters. The van der Waals surface area contributed by atoms with Crippen LogP contribution in [0.4, 0.5) is 5.69 Å². The molecule has 2 N–H and O–H groups in total. The number of hydrogen-bond acceptors (Lipinski definition) is 5. The van der Waals surface area contributed by atoms with E-state index in [-0.39, 0.29) is 13.0 Å². The van der Waals surface area contributed by atoms with E-state index in [2.05, 4.69) is 5.32 Å². The molecule has 0 radical (unpaired) electrons. The predicted octanol–water partition coefficient (Wildman–Crippen LogP) is 1.39. The van der Waals surface area contributed by atoms with Crippen molar-refractivity contribution in [3.05, 3.63) is 39.9 Å². The van der Waals surface area contributed by atoms with Gasteiger partial charge in [-0.15, -0.1) is 0 Å². The van der Waals surface area contributed by atoms with E-state index < -0.39 is 17.1 Å². The SMILES string of the molecule is Cc1ccc(N[C@H](CC[C@@H](O)C=O)C[N+](=O)[O-])cc1. The predicted molar refractivity (Wildman–Crippen MR) is 71.8 cm³/mol. The van der Waals surface area contributed by atoms with Crippen molar-refractivity contribution in [2.75, 3.05) is 11.9 Å². The lowest BCUT2D eigenvalue weighted by Gasteiger charge is -2.16. The van der Waals surface area contributed by atoms with Gasteiger partial charge in [0.05, 0.1) is 6.04 Å². The number of nitrogens with one attached hydrogen (secondary N) is 1. The summed E-state index contributed by atoms with van der Waals surface area (Å²) in [5, 5.41) is 22.8. The van der Waals surface area contributed by atoms with Gasteiger partial charge in [0.2, 0.25) is 6.54 Å². The quantitative estimate of drug-likeness (QED) is 0.421. The molecule has 1 aromatic rings. The average molecular weight is 266 g/mol. The molecular formula is C13H18N2O4. The Kier molecular flexibility index (Phi) is 5.95. The van der Waals surface area contributed by atoms with Crippen LogP contribution in [0.1, 0.15) is 18.4 Å². The zero-order valence-corrected chi connectivity index (χ0v) is 10.8. The maximum atomic E-state index is 10.6. The third-order valence-electron chi connectivity index (χ3n) is 2.76. The summed E-state index contributed by atoms with van der Waals surface area (Å²) in [6.07, 6.45) is -0.0564. The molecule has 19 heavy (non-hydrogen) atoms. The van der Waals surface area contributed by atoms with Crippen molar-refractivity contribution in [1.82, 2.24) is 0 Å². The van der Waals surface area contributed by atoms with Gasteiger partial charge in [-0.05, 0) is 31.9 Å². The molecule has 104 valence electrons. The molecule has 0 bridgehead atoms. The zero-order valence-electron chi connectivity index (χ0n) is 10.8. The third-order valence-corrected chi connectivity index (χ3v) is 2.76. The Hall–Kier alpha value is -1.95. The van der Waals surface area contributed by atoms with Crippen molar-refractivity contribution in [1.29, 1.82) is 0 Å². The topological polar surface area (TPSA) is 92.5 Å². The minimum atomic E-state index is -1.06. The van der Waals surface area contributed by atoms with Crippen molar-refractivity contribution in [2.45, 2.75) is 31.9 Å². The molecule has 6 nitrogen and oxygen atoms in total. The third kappa shape index (κ3) is 5.96. The fraction of sp³-hybridized carbons (Fsp3) is 0.462. The van der Waals surface area contributed by atoms with E-state index in [9.17, 15) is 20.0 Å². The number of aliphatic hydroxyl groups is 1. The fourth-order valence-corrected chi connectivity index (χ4v) is 1.71. The number of benzene rings is 1. The Labute approximate surface area is 111 Å². The highest BCUT2D eigenvalue weighted by Crippen LogP contribution is 2.13. The summed E-state index contributed by atoms with van der Waals surface area (Å²) in [4.78, 5) is 20.5. The number of nitro groups is 1. The molecule has 1 rings (SSSR count). The number of carbonyl (C=O) groups excluding carboxylic acids is 1. The van der Waals surface area contributed by atoms with Crippen LogP contribution in [0.3, 0.4) is 0 Å². The lowest BCUT2D eigenvalue weighted by Crippen LogP contribution is -2.29. The van der Waals surface area contributed by atoms with Crippen LogP contribution in [0.25, 0.3) is 0 Å². The lowest BCUT2D eigenvalue weighted by atomic mass is 10.1. The van der Waals surface area contributed by atoms with Crippen LogP contribution in [0.15, 0.2) is 24.3 Å². The van der Waals surface area contributed by atoms with E-state index in [4.69, 9.17) is 0 Å². The Morgan fingerprint density at radius 3 is 2.53 bits per heavy atom. The van der Waals surface area contributed by atoms with Gasteiger partial charge in [-0.25, -0.2) is 0 Å². The van der Waals surface area contributed by atoms with Crippen LogP contribution >= 0.6 is 0 Å². The van der Waals surface area contributed by atoms with Crippen LogP contribution in [0, 0.1) is 17.0 Å². The summed E-state index contributed by atoms with van der Waals surface area (Å²) >= 11 is 0. The molecular weight excluding hydrogens is 248 g/mol. The summed E-state index contributed by atoms with van der Waals surface area (Å²) in [6, 6.07) is 7.10. The van der Waals surface area contributed by atoms with Crippen molar-refractivity contribution in [2.24, 2.45) is 0 Å². The number of carbonyl (C=O) groups is 1. The number of hydrogen-bond donors (Lipinski definition) is 2. The molecule has 0 saturated heterocycles. The lowest BCUT2D eigenvalue weighted by molar-refractivity contribution is -0.481. The van der Waals surface area contributed by atoms with Crippen LogP contribution in [0.2, 0.25) is 0 Å². The number of nitrogens with zero attached hydrogens (tertiary/aromatic N) is 1. The van der Waals surface area contributed by atoms with Crippen LogP contribution in [-0.2, 0) is 4.79 Å². The van der Waals surface area contributed by atoms with E-state index in [0.717, 1.165) is 11.3 Å². The van der Waals surface area contributed by atoms with Crippen LogP contribution in [-0.4, -0.2) is 35.0 Å². The molecule has 0 aliphatic rings. The Morgan fingerprint density at radius 1 is 1.37 bits per heavy atom. The smallest absolute Gasteiger partial charge is 0.223 e. The molecule has 6 heteroatoms. The van der Waals surface area contributed by atoms with Crippen LogP contribution in [0.5, 0.6) is 0 Å². The maximum absolute atomic E-state index is 10.6. The number of aliphatic hydroxyl groups excluding tert-OH is 1. The fourth-order valence-electron chi connectivity index (χ4n) is 1.71. The van der Waals surface area contributed by atoms with Gasteiger partial charge in [0, 0.05) is 10.6 Å². The molecule has 0 amide bonds. The molecule has 0 heterocycles. The summed E-state index contributed by atoms with van der Waals surface area (Å²) in [6.45, 7) is 1.71.